The molecule has 22 heavy (non-hydrogen) atoms. The number of aromatic nitrogens is 1. The molecule has 126 valence electrons. The standard InChI is InChI=1S/C14H25N5OS.HI/c1-9(2)10(3)19-14(15-5)17-7-6-16-13(20)12-11(4)18-8-21-12;/h8-10H,6-7H2,1-5H3,(H,16,20)(H2,15,17,19);1H. The van der Waals surface area contributed by atoms with Gasteiger partial charge < -0.3 is 16.0 Å². The first-order chi connectivity index (χ1) is 9.95. The van der Waals surface area contributed by atoms with Crippen LogP contribution in [-0.2, 0) is 0 Å². The topological polar surface area (TPSA) is 78.4 Å². The number of carbonyl (C=O) groups is 1. The zero-order valence-corrected chi connectivity index (χ0v) is 16.9. The molecule has 0 spiro atoms. The first-order valence-electron chi connectivity index (χ1n) is 7.11. The molecule has 0 fully saturated rings. The quantitative estimate of drug-likeness (QED) is 0.274. The van der Waals surface area contributed by atoms with E-state index in [1.807, 2.05) is 6.92 Å². The summed E-state index contributed by atoms with van der Waals surface area (Å²) in [6, 6.07) is 0.339. The van der Waals surface area contributed by atoms with Crippen LogP contribution in [0.1, 0.15) is 36.1 Å². The van der Waals surface area contributed by atoms with Crippen molar-refractivity contribution in [3.63, 3.8) is 0 Å². The molecule has 1 atom stereocenters. The molecule has 6 nitrogen and oxygen atoms in total. The van der Waals surface area contributed by atoms with E-state index in [2.05, 4.69) is 46.7 Å². The Labute approximate surface area is 153 Å². The summed E-state index contributed by atoms with van der Waals surface area (Å²) in [5, 5.41) is 9.36. The van der Waals surface area contributed by atoms with Crippen LogP contribution in [0.15, 0.2) is 10.5 Å². The Morgan fingerprint density at radius 3 is 2.45 bits per heavy atom. The SMILES string of the molecule is CN=C(NCCNC(=O)c1scnc1C)NC(C)C(C)C.I. The number of thiazole rings is 1. The van der Waals surface area contributed by atoms with Crippen LogP contribution < -0.4 is 16.0 Å². The summed E-state index contributed by atoms with van der Waals surface area (Å²) in [5.74, 6) is 1.20. The van der Waals surface area contributed by atoms with E-state index in [9.17, 15) is 4.79 Å². The number of nitrogens with zero attached hydrogens (tertiary/aromatic N) is 2. The van der Waals surface area contributed by atoms with Crippen molar-refractivity contribution in [2.24, 2.45) is 10.9 Å². The molecule has 3 N–H and O–H groups in total. The highest BCUT2D eigenvalue weighted by molar-refractivity contribution is 14.0. The molecule has 1 aromatic rings. The lowest BCUT2D eigenvalue weighted by Crippen LogP contribution is -2.46. The molecular weight excluding hydrogens is 413 g/mol. The maximum Gasteiger partial charge on any atom is 0.263 e. The van der Waals surface area contributed by atoms with Gasteiger partial charge in [-0.1, -0.05) is 13.8 Å². The fourth-order valence-corrected chi connectivity index (χ4v) is 2.25. The molecule has 1 unspecified atom stereocenters. The monoisotopic (exact) mass is 439 g/mol. The van der Waals surface area contributed by atoms with Gasteiger partial charge in [0, 0.05) is 26.2 Å². The number of aliphatic imine (C=N–C) groups is 1. The average molecular weight is 439 g/mol. The van der Waals surface area contributed by atoms with Crippen LogP contribution in [0.4, 0.5) is 0 Å². The Balaban J connectivity index is 0.00000441. The molecule has 0 saturated heterocycles. The van der Waals surface area contributed by atoms with E-state index in [0.29, 0.717) is 29.9 Å². The highest BCUT2D eigenvalue weighted by atomic mass is 127. The van der Waals surface area contributed by atoms with Gasteiger partial charge in [-0.2, -0.15) is 0 Å². The van der Waals surface area contributed by atoms with Crippen molar-refractivity contribution in [2.75, 3.05) is 20.1 Å². The lowest BCUT2D eigenvalue weighted by atomic mass is 10.1. The molecule has 0 aromatic carbocycles. The lowest BCUT2D eigenvalue weighted by Gasteiger charge is -2.20. The van der Waals surface area contributed by atoms with Crippen molar-refractivity contribution in [1.29, 1.82) is 0 Å². The van der Waals surface area contributed by atoms with Gasteiger partial charge in [0.25, 0.3) is 5.91 Å². The van der Waals surface area contributed by atoms with Crippen LogP contribution in [0.5, 0.6) is 0 Å². The molecule has 1 rings (SSSR count). The van der Waals surface area contributed by atoms with Crippen LogP contribution in [0.2, 0.25) is 0 Å². The van der Waals surface area contributed by atoms with E-state index in [1.165, 1.54) is 11.3 Å². The van der Waals surface area contributed by atoms with E-state index >= 15 is 0 Å². The van der Waals surface area contributed by atoms with Crippen LogP contribution in [0.3, 0.4) is 0 Å². The third-order valence-electron chi connectivity index (χ3n) is 3.24. The highest BCUT2D eigenvalue weighted by Crippen LogP contribution is 2.11. The molecule has 1 aromatic heterocycles. The Bertz CT molecular complexity index is 489. The summed E-state index contributed by atoms with van der Waals surface area (Å²) in [4.78, 5) is 20.8. The van der Waals surface area contributed by atoms with Gasteiger partial charge in [-0.15, -0.1) is 35.3 Å². The lowest BCUT2D eigenvalue weighted by molar-refractivity contribution is 0.0957. The predicted molar refractivity (Wildman–Crippen MR) is 103 cm³/mol. The molecule has 0 saturated carbocycles. The summed E-state index contributed by atoms with van der Waals surface area (Å²) >= 11 is 1.36. The number of halogens is 1. The van der Waals surface area contributed by atoms with Gasteiger partial charge in [-0.05, 0) is 19.8 Å². The molecule has 1 heterocycles. The van der Waals surface area contributed by atoms with Crippen LogP contribution >= 0.6 is 35.3 Å². The van der Waals surface area contributed by atoms with Crippen molar-refractivity contribution >= 4 is 47.2 Å². The third kappa shape index (κ3) is 6.91. The minimum Gasteiger partial charge on any atom is -0.355 e. The van der Waals surface area contributed by atoms with Gasteiger partial charge in [0.05, 0.1) is 11.2 Å². The summed E-state index contributed by atoms with van der Waals surface area (Å²) in [6.45, 7) is 9.42. The van der Waals surface area contributed by atoms with Crippen molar-refractivity contribution in [3.05, 3.63) is 16.1 Å². The van der Waals surface area contributed by atoms with E-state index in [-0.39, 0.29) is 29.9 Å². The smallest absolute Gasteiger partial charge is 0.263 e. The van der Waals surface area contributed by atoms with Gasteiger partial charge in [0.1, 0.15) is 4.88 Å². The maximum absolute atomic E-state index is 11.9. The molecule has 0 aliphatic rings. The minimum atomic E-state index is -0.0738. The fraction of sp³-hybridized carbons (Fsp3) is 0.643. The number of aryl methyl sites for hydroxylation is 1. The molecule has 0 aliphatic carbocycles. The number of guanidine groups is 1. The number of amides is 1. The molecule has 0 bridgehead atoms. The second kappa shape index (κ2) is 10.8. The Kier molecular flexibility index (Phi) is 10.3. The second-order valence-electron chi connectivity index (χ2n) is 5.20. The predicted octanol–water partition coefficient (Wildman–Crippen LogP) is 2.01. The molecule has 8 heteroatoms. The Morgan fingerprint density at radius 1 is 1.32 bits per heavy atom. The summed E-state index contributed by atoms with van der Waals surface area (Å²) in [5.41, 5.74) is 2.45. The van der Waals surface area contributed by atoms with E-state index in [4.69, 9.17) is 0 Å². The van der Waals surface area contributed by atoms with Crippen molar-refractivity contribution in [2.45, 2.75) is 33.7 Å². The van der Waals surface area contributed by atoms with Crippen LogP contribution in [0, 0.1) is 12.8 Å². The first kappa shape index (κ1) is 21.1. The minimum absolute atomic E-state index is 0. The Hall–Kier alpha value is -0.900. The molecular formula is C14H26IN5OS. The zero-order chi connectivity index (χ0) is 15.8. The molecule has 0 radical (unpaired) electrons. The van der Waals surface area contributed by atoms with Crippen molar-refractivity contribution in [3.8, 4) is 0 Å². The largest absolute Gasteiger partial charge is 0.355 e. The summed E-state index contributed by atoms with van der Waals surface area (Å²) in [6.07, 6.45) is 0. The Morgan fingerprint density at radius 2 is 1.95 bits per heavy atom. The van der Waals surface area contributed by atoms with Crippen LogP contribution in [-0.4, -0.2) is 43.0 Å². The van der Waals surface area contributed by atoms with E-state index in [0.717, 1.165) is 11.7 Å². The zero-order valence-electron chi connectivity index (χ0n) is 13.8. The average Bonchev–Trinajstić information content (AvgIpc) is 2.87. The second-order valence-corrected chi connectivity index (χ2v) is 6.05. The number of carbonyl (C=O) groups excluding carboxylic acids is 1. The van der Waals surface area contributed by atoms with Gasteiger partial charge in [0.2, 0.25) is 0 Å². The van der Waals surface area contributed by atoms with Gasteiger partial charge in [0.15, 0.2) is 5.96 Å². The number of hydrogen-bond acceptors (Lipinski definition) is 4. The highest BCUT2D eigenvalue weighted by Gasteiger charge is 2.11. The van der Waals surface area contributed by atoms with Gasteiger partial charge in [-0.3, -0.25) is 9.79 Å². The third-order valence-corrected chi connectivity index (χ3v) is 4.17. The van der Waals surface area contributed by atoms with Crippen molar-refractivity contribution in [1.82, 2.24) is 20.9 Å². The van der Waals surface area contributed by atoms with Gasteiger partial charge in [-0.25, -0.2) is 4.98 Å². The van der Waals surface area contributed by atoms with Gasteiger partial charge >= 0.3 is 0 Å². The number of hydrogen-bond donors (Lipinski definition) is 3. The number of rotatable bonds is 6. The van der Waals surface area contributed by atoms with E-state index in [1.54, 1.807) is 12.6 Å². The normalized spacial score (nSPS) is 12.5. The summed E-state index contributed by atoms with van der Waals surface area (Å²) in [7, 11) is 1.74. The molecule has 1 amide bonds. The molecule has 0 aliphatic heterocycles. The maximum atomic E-state index is 11.9. The first-order valence-corrected chi connectivity index (χ1v) is 7.99. The van der Waals surface area contributed by atoms with Crippen LogP contribution in [0.25, 0.3) is 0 Å². The number of nitrogens with one attached hydrogen (secondary N) is 3. The van der Waals surface area contributed by atoms with Crippen molar-refractivity contribution < 1.29 is 4.79 Å². The summed E-state index contributed by atoms with van der Waals surface area (Å²) < 4.78 is 0. The fourth-order valence-electron chi connectivity index (χ4n) is 1.53. The van der Waals surface area contributed by atoms with E-state index < -0.39 is 0 Å².